The van der Waals surface area contributed by atoms with Crippen molar-refractivity contribution >= 4 is 51.3 Å². The molecule has 13 heteroatoms. The van der Waals surface area contributed by atoms with Gasteiger partial charge in [0.1, 0.15) is 16.5 Å². The van der Waals surface area contributed by atoms with Crippen molar-refractivity contribution in [2.75, 3.05) is 26.7 Å². The Balaban J connectivity index is 1.10. The van der Waals surface area contributed by atoms with E-state index in [-0.39, 0.29) is 35.7 Å². The summed E-state index contributed by atoms with van der Waals surface area (Å²) in [5.74, 6) is 0.571. The monoisotopic (exact) mass is 547 g/mol. The maximum atomic E-state index is 13.7. The second-order valence-electron chi connectivity index (χ2n) is 10.4. The molecule has 0 bridgehead atoms. The Hall–Kier alpha value is -1.83. The average molecular weight is 549 g/mol. The average Bonchev–Trinajstić information content (AvgIpc) is 3.46. The minimum atomic E-state index is -0.337. The van der Waals surface area contributed by atoms with Gasteiger partial charge in [-0.1, -0.05) is 29.3 Å². The lowest BCUT2D eigenvalue weighted by Crippen LogP contribution is -2.69. The Morgan fingerprint density at radius 1 is 1.22 bits per heavy atom. The van der Waals surface area contributed by atoms with E-state index in [0.717, 1.165) is 34.6 Å². The molecule has 5 N–H and O–H groups in total. The van der Waals surface area contributed by atoms with Gasteiger partial charge in [-0.15, -0.1) is 11.3 Å². The zero-order chi connectivity index (χ0) is 24.9. The molecule has 5 unspecified atom stereocenters. The molecule has 7 rings (SSSR count). The number of benzene rings is 1. The zero-order valence-corrected chi connectivity index (χ0v) is 22.1. The fourth-order valence-corrected chi connectivity index (χ4v) is 8.42. The van der Waals surface area contributed by atoms with Crippen molar-refractivity contribution in [3.63, 3.8) is 0 Å². The molecule has 1 amide bonds. The van der Waals surface area contributed by atoms with Gasteiger partial charge in [-0.3, -0.25) is 19.7 Å². The van der Waals surface area contributed by atoms with Crippen LogP contribution in [0.25, 0.3) is 10.9 Å². The van der Waals surface area contributed by atoms with Crippen molar-refractivity contribution in [3.8, 4) is 0 Å². The van der Waals surface area contributed by atoms with Gasteiger partial charge in [0.05, 0.1) is 28.7 Å². The first-order chi connectivity index (χ1) is 17.3. The van der Waals surface area contributed by atoms with Crippen LogP contribution in [0.3, 0.4) is 0 Å². The highest BCUT2D eigenvalue weighted by Crippen LogP contribution is 2.64. The molecule has 36 heavy (non-hydrogen) atoms. The van der Waals surface area contributed by atoms with Gasteiger partial charge >= 0.3 is 0 Å². The molecule has 10 nitrogen and oxygen atoms in total. The third-order valence-corrected chi connectivity index (χ3v) is 10.4. The third kappa shape index (κ3) is 3.11. The van der Waals surface area contributed by atoms with Gasteiger partial charge in [0.15, 0.2) is 0 Å². The number of carbonyl (C=O) groups is 1. The van der Waals surface area contributed by atoms with Crippen LogP contribution in [0.1, 0.15) is 16.6 Å². The quantitative estimate of drug-likeness (QED) is 0.385. The lowest BCUT2D eigenvalue weighted by Gasteiger charge is -2.45. The largest absolute Gasteiger partial charge is 0.329 e. The number of carbonyl (C=O) groups excluding carboxylic acids is 1. The van der Waals surface area contributed by atoms with Gasteiger partial charge in [-0.05, 0) is 23.5 Å². The van der Waals surface area contributed by atoms with Gasteiger partial charge in [-0.25, -0.2) is 15.8 Å². The summed E-state index contributed by atoms with van der Waals surface area (Å²) in [6.45, 7) is 2.27. The number of thiazole rings is 1. The van der Waals surface area contributed by atoms with Crippen LogP contribution >= 0.6 is 34.5 Å². The van der Waals surface area contributed by atoms with Crippen molar-refractivity contribution in [2.24, 2.45) is 30.5 Å². The lowest BCUT2D eigenvalue weighted by molar-refractivity contribution is -0.149. The minimum absolute atomic E-state index is 0.0750. The lowest BCUT2D eigenvalue weighted by atomic mass is 9.89. The molecule has 1 aliphatic carbocycles. The second kappa shape index (κ2) is 8.08. The Kier molecular flexibility index (Phi) is 5.23. The van der Waals surface area contributed by atoms with Crippen LogP contribution < -0.4 is 21.9 Å². The highest BCUT2D eigenvalue weighted by Gasteiger charge is 2.70. The van der Waals surface area contributed by atoms with Crippen molar-refractivity contribution in [2.45, 2.75) is 23.9 Å². The number of aromatic nitrogens is 3. The Morgan fingerprint density at radius 2 is 2.00 bits per heavy atom. The van der Waals surface area contributed by atoms with Crippen LogP contribution in [0, 0.1) is 17.8 Å². The van der Waals surface area contributed by atoms with Gasteiger partial charge in [-0.2, -0.15) is 5.10 Å². The number of nitrogens with two attached hydrogens (primary N) is 1. The van der Waals surface area contributed by atoms with E-state index in [1.54, 1.807) is 16.0 Å². The summed E-state index contributed by atoms with van der Waals surface area (Å²) in [7, 11) is 3.75. The van der Waals surface area contributed by atoms with E-state index in [4.69, 9.17) is 28.9 Å². The first-order valence-electron chi connectivity index (χ1n) is 12.0. The molecule has 3 aromatic rings. The molecule has 0 spiro atoms. The molecule has 190 valence electrons. The van der Waals surface area contributed by atoms with Crippen LogP contribution in [0.4, 0.5) is 0 Å². The summed E-state index contributed by atoms with van der Waals surface area (Å²) in [4.78, 5) is 22.4. The molecule has 3 saturated heterocycles. The molecule has 7 atom stereocenters. The summed E-state index contributed by atoms with van der Waals surface area (Å²) in [6, 6.07) is 3.65. The Bertz CT molecular complexity index is 1360. The number of aryl methyl sites for hydroxylation is 1. The van der Waals surface area contributed by atoms with Crippen LogP contribution in [0.2, 0.25) is 10.2 Å². The predicted octanol–water partition coefficient (Wildman–Crippen LogP) is 1.23. The first kappa shape index (κ1) is 23.3. The second-order valence-corrected chi connectivity index (χ2v) is 12.0. The van der Waals surface area contributed by atoms with Crippen LogP contribution in [0.5, 0.6) is 0 Å². The van der Waals surface area contributed by atoms with Crippen molar-refractivity contribution < 1.29 is 4.79 Å². The third-order valence-electron chi connectivity index (χ3n) is 8.66. The van der Waals surface area contributed by atoms with E-state index < -0.39 is 0 Å². The molecular formula is C23H27Cl2N9OS. The number of piperidine rings is 1. The number of hydrazine groups is 1. The summed E-state index contributed by atoms with van der Waals surface area (Å²) in [5, 5.41) is 13.1. The van der Waals surface area contributed by atoms with E-state index in [0.29, 0.717) is 28.6 Å². The van der Waals surface area contributed by atoms with E-state index in [1.807, 2.05) is 42.7 Å². The van der Waals surface area contributed by atoms with E-state index in [2.05, 4.69) is 31.2 Å². The fourth-order valence-electron chi connectivity index (χ4n) is 6.81. The normalized spacial score (nSPS) is 36.0. The molecule has 1 aromatic carbocycles. The van der Waals surface area contributed by atoms with Gasteiger partial charge in [0.2, 0.25) is 5.91 Å². The number of rotatable bonds is 4. The highest BCUT2D eigenvalue weighted by atomic mass is 35.5. The van der Waals surface area contributed by atoms with E-state index in [1.165, 1.54) is 0 Å². The summed E-state index contributed by atoms with van der Waals surface area (Å²) in [5.41, 5.74) is 14.5. The number of halogens is 2. The molecule has 4 fully saturated rings. The van der Waals surface area contributed by atoms with Crippen molar-refractivity contribution in [1.29, 1.82) is 0 Å². The standard InChI is InChI=1S/C23H27Cl2N9OS/c1-32-5-11-14(31-32)4-3-10(17(11)25)18-16-19(30-29-18)28-22(33(2)20(16)35)34-6-12-13(7-34)23(12,9-26)21-27-15(24)8-36-21/h3-5,8,12-13,16,18-19,22,28-30H,6-7,9,26H2,1-2H3/t12-,13+,16?,18?,19?,22?,23?. The summed E-state index contributed by atoms with van der Waals surface area (Å²) >= 11 is 14.5. The van der Waals surface area contributed by atoms with Gasteiger partial charge in [0, 0.05) is 56.1 Å². The molecule has 1 saturated carbocycles. The van der Waals surface area contributed by atoms with Gasteiger partial charge < -0.3 is 10.6 Å². The topological polar surface area (TPSA) is 116 Å². The van der Waals surface area contributed by atoms with E-state index >= 15 is 0 Å². The first-order valence-corrected chi connectivity index (χ1v) is 13.7. The molecule has 4 aliphatic rings. The van der Waals surface area contributed by atoms with E-state index in [9.17, 15) is 4.79 Å². The molecular weight excluding hydrogens is 521 g/mol. The van der Waals surface area contributed by atoms with Crippen LogP contribution in [-0.4, -0.2) is 69.6 Å². The van der Waals surface area contributed by atoms with Crippen LogP contribution in [0.15, 0.2) is 23.7 Å². The maximum absolute atomic E-state index is 13.7. The number of likely N-dealkylation sites (tertiary alicyclic amines) is 1. The number of amides is 1. The maximum Gasteiger partial charge on any atom is 0.232 e. The smallest absolute Gasteiger partial charge is 0.232 e. The SMILES string of the molecule is CN1C(=O)C2C(NNC2c2ccc3nn(C)cc3c2Cl)NC1N1C[C@@H]2[C@H](C1)C2(CN)c1nc(Cl)cs1. The predicted molar refractivity (Wildman–Crippen MR) is 138 cm³/mol. The minimum Gasteiger partial charge on any atom is -0.329 e. The van der Waals surface area contributed by atoms with Crippen molar-refractivity contribution in [1.82, 2.24) is 40.7 Å². The highest BCUT2D eigenvalue weighted by molar-refractivity contribution is 7.10. The van der Waals surface area contributed by atoms with Crippen molar-refractivity contribution in [3.05, 3.63) is 44.5 Å². The molecule has 3 aliphatic heterocycles. The van der Waals surface area contributed by atoms with Crippen LogP contribution in [-0.2, 0) is 17.3 Å². The Morgan fingerprint density at radius 3 is 2.69 bits per heavy atom. The molecule has 2 aromatic heterocycles. The number of nitrogens with one attached hydrogen (secondary N) is 3. The summed E-state index contributed by atoms with van der Waals surface area (Å²) in [6.07, 6.45) is 1.48. The number of hydrogen-bond donors (Lipinski definition) is 4. The molecule has 5 heterocycles. The van der Waals surface area contributed by atoms with Gasteiger partial charge in [0.25, 0.3) is 0 Å². The Labute approximate surface area is 222 Å². The molecule has 0 radical (unpaired) electrons. The summed E-state index contributed by atoms with van der Waals surface area (Å²) < 4.78 is 1.75. The number of nitrogens with zero attached hydrogens (tertiary/aromatic N) is 5. The fraction of sp³-hybridized carbons (Fsp3) is 0.522. The number of fused-ring (bicyclic) bond motifs is 3. The zero-order valence-electron chi connectivity index (χ0n) is 19.8. The number of hydrogen-bond acceptors (Lipinski definition) is 9.